The molecule has 1 aliphatic carbocycles. The van der Waals surface area contributed by atoms with Gasteiger partial charge in [-0.25, -0.2) is 0 Å². The largest absolute Gasteiger partial charge is 0.398 e. The minimum Gasteiger partial charge on any atom is -0.398 e. The number of hydrogen-bond acceptors (Lipinski definition) is 5. The molecule has 0 amide bonds. The lowest BCUT2D eigenvalue weighted by atomic mass is 9.86. The van der Waals surface area contributed by atoms with Gasteiger partial charge in [-0.2, -0.15) is 0 Å². The molecule has 0 radical (unpaired) electrons. The summed E-state index contributed by atoms with van der Waals surface area (Å²) in [6.07, 6.45) is 10.9. The van der Waals surface area contributed by atoms with Crippen molar-refractivity contribution in [3.8, 4) is 33.4 Å². The van der Waals surface area contributed by atoms with E-state index >= 15 is 0 Å². The molecular formula is C40H31N5. The molecule has 1 aliphatic rings. The predicted octanol–water partition coefficient (Wildman–Crippen LogP) is 9.27. The number of anilines is 1. The van der Waals surface area contributed by atoms with Crippen LogP contribution in [0.1, 0.15) is 11.1 Å². The number of nitrogen functional groups attached to an aromatic ring is 1. The summed E-state index contributed by atoms with van der Waals surface area (Å²) in [7, 11) is 0. The first-order valence-corrected chi connectivity index (χ1v) is 14.6. The summed E-state index contributed by atoms with van der Waals surface area (Å²) < 4.78 is 0. The standard InChI is InChI=1S/C28H20N4.C12H11N/c29-27-18-25(23-5-1-3-21(15-23)19-7-11-31-12-8-19)17-26(28(27)30)24-6-2-4-22(16-24)20-9-13-32-14-10-20;13-12-9-5-4-8-11(12)10-6-2-1-3-7-10/h1-18,29-30H;1-9H,13H2. The van der Waals surface area contributed by atoms with Gasteiger partial charge in [0.15, 0.2) is 0 Å². The van der Waals surface area contributed by atoms with Crippen LogP contribution < -0.4 is 5.73 Å². The van der Waals surface area contributed by atoms with E-state index in [0.29, 0.717) is 0 Å². The Morgan fingerprint density at radius 2 is 0.956 bits per heavy atom. The summed E-state index contributed by atoms with van der Waals surface area (Å²) >= 11 is 0. The van der Waals surface area contributed by atoms with Crippen LogP contribution in [0.25, 0.3) is 44.5 Å². The summed E-state index contributed by atoms with van der Waals surface area (Å²) in [5.74, 6) is 0. The fourth-order valence-electron chi connectivity index (χ4n) is 5.25. The lowest BCUT2D eigenvalue weighted by Gasteiger charge is -2.18. The molecule has 4 aromatic carbocycles. The van der Waals surface area contributed by atoms with Crippen LogP contribution in [0.2, 0.25) is 0 Å². The van der Waals surface area contributed by atoms with Gasteiger partial charge in [0.2, 0.25) is 0 Å². The zero-order valence-electron chi connectivity index (χ0n) is 24.6. The fourth-order valence-corrected chi connectivity index (χ4v) is 5.25. The third-order valence-corrected chi connectivity index (χ3v) is 7.58. The molecule has 2 heterocycles. The van der Waals surface area contributed by atoms with Crippen LogP contribution in [-0.2, 0) is 0 Å². The zero-order chi connectivity index (χ0) is 31.0. The Hall–Kier alpha value is -6.20. The highest BCUT2D eigenvalue weighted by Crippen LogP contribution is 2.32. The first-order chi connectivity index (χ1) is 22.1. The van der Waals surface area contributed by atoms with Crippen LogP contribution >= 0.6 is 0 Å². The lowest BCUT2D eigenvalue weighted by Crippen LogP contribution is -2.15. The van der Waals surface area contributed by atoms with Crippen molar-refractivity contribution in [3.05, 3.63) is 175 Å². The Morgan fingerprint density at radius 3 is 1.58 bits per heavy atom. The van der Waals surface area contributed by atoms with Gasteiger partial charge in [-0.3, -0.25) is 20.8 Å². The van der Waals surface area contributed by atoms with E-state index in [1.165, 1.54) is 5.56 Å². The Balaban J connectivity index is 0.000000229. The lowest BCUT2D eigenvalue weighted by molar-refractivity contribution is 1.33. The molecule has 0 spiro atoms. The van der Waals surface area contributed by atoms with Gasteiger partial charge in [0.05, 0.1) is 11.4 Å². The predicted molar refractivity (Wildman–Crippen MR) is 187 cm³/mol. The van der Waals surface area contributed by atoms with Crippen molar-refractivity contribution in [2.24, 2.45) is 0 Å². The fraction of sp³-hybridized carbons (Fsp3) is 0. The van der Waals surface area contributed by atoms with Crippen molar-refractivity contribution in [1.29, 1.82) is 10.8 Å². The maximum atomic E-state index is 8.54. The summed E-state index contributed by atoms with van der Waals surface area (Å²) in [6, 6.07) is 42.3. The quantitative estimate of drug-likeness (QED) is 0.140. The van der Waals surface area contributed by atoms with E-state index in [2.05, 4.69) is 40.3 Å². The Kier molecular flexibility index (Phi) is 8.61. The Bertz CT molecular complexity index is 2030. The number of nitrogens with one attached hydrogen (secondary N) is 2. The highest BCUT2D eigenvalue weighted by molar-refractivity contribution is 6.61. The first-order valence-electron chi connectivity index (χ1n) is 14.6. The third kappa shape index (κ3) is 6.74. The second-order valence-electron chi connectivity index (χ2n) is 10.5. The zero-order valence-corrected chi connectivity index (χ0v) is 24.6. The molecule has 5 heteroatoms. The molecule has 7 rings (SSSR count). The van der Waals surface area contributed by atoms with Crippen LogP contribution in [0.5, 0.6) is 0 Å². The molecule has 0 atom stereocenters. The maximum Gasteiger partial charge on any atom is 0.0867 e. The molecule has 0 unspecified atom stereocenters. The van der Waals surface area contributed by atoms with Gasteiger partial charge in [-0.05, 0) is 99.1 Å². The van der Waals surface area contributed by atoms with Gasteiger partial charge in [0.1, 0.15) is 0 Å². The number of benzene rings is 4. The van der Waals surface area contributed by atoms with Crippen LogP contribution in [0, 0.1) is 10.8 Å². The van der Waals surface area contributed by atoms with Crippen LogP contribution in [-0.4, -0.2) is 21.4 Å². The van der Waals surface area contributed by atoms with Gasteiger partial charge in [0, 0.05) is 41.6 Å². The van der Waals surface area contributed by atoms with E-state index in [4.69, 9.17) is 16.6 Å². The topological polar surface area (TPSA) is 99.5 Å². The second kappa shape index (κ2) is 13.4. The van der Waals surface area contributed by atoms with E-state index < -0.39 is 0 Å². The van der Waals surface area contributed by atoms with Gasteiger partial charge in [0.25, 0.3) is 0 Å². The normalized spacial score (nSPS) is 12.4. The number of nitrogens with zero attached hydrogens (tertiary/aromatic N) is 2. The first kappa shape index (κ1) is 28.9. The molecule has 0 saturated heterocycles. The third-order valence-electron chi connectivity index (χ3n) is 7.58. The molecule has 4 N–H and O–H groups in total. The number of hydrogen-bond donors (Lipinski definition) is 3. The molecule has 5 nitrogen and oxygen atoms in total. The van der Waals surface area contributed by atoms with Gasteiger partial charge in [-0.15, -0.1) is 0 Å². The molecule has 0 bridgehead atoms. The molecule has 0 aliphatic heterocycles. The molecular weight excluding hydrogens is 550 g/mol. The Morgan fingerprint density at radius 1 is 0.444 bits per heavy atom. The van der Waals surface area contributed by atoms with E-state index in [1.807, 2.05) is 103 Å². The van der Waals surface area contributed by atoms with Crippen molar-refractivity contribution in [3.63, 3.8) is 0 Å². The number of nitrogens with two attached hydrogens (primary N) is 1. The Labute approximate surface area is 263 Å². The smallest absolute Gasteiger partial charge is 0.0867 e. The van der Waals surface area contributed by atoms with Crippen LogP contribution in [0.4, 0.5) is 5.69 Å². The van der Waals surface area contributed by atoms with Crippen molar-refractivity contribution >= 4 is 28.3 Å². The number of rotatable bonds is 5. The van der Waals surface area contributed by atoms with Gasteiger partial charge < -0.3 is 5.73 Å². The van der Waals surface area contributed by atoms with E-state index in [9.17, 15) is 0 Å². The average Bonchev–Trinajstić information content (AvgIpc) is 3.11. The molecule has 0 fully saturated rings. The van der Waals surface area contributed by atoms with Gasteiger partial charge >= 0.3 is 0 Å². The summed E-state index contributed by atoms with van der Waals surface area (Å²) in [4.78, 5) is 8.19. The van der Waals surface area contributed by atoms with Crippen molar-refractivity contribution in [2.45, 2.75) is 0 Å². The monoisotopic (exact) mass is 581 g/mol. The molecule has 216 valence electrons. The molecule has 0 saturated carbocycles. The van der Waals surface area contributed by atoms with Crippen molar-refractivity contribution in [2.75, 3.05) is 5.73 Å². The maximum absolute atomic E-state index is 8.54. The van der Waals surface area contributed by atoms with E-state index in [-0.39, 0.29) is 11.4 Å². The highest BCUT2D eigenvalue weighted by atomic mass is 14.6. The minimum absolute atomic E-state index is 0.209. The summed E-state index contributed by atoms with van der Waals surface area (Å²) in [6.45, 7) is 0. The minimum atomic E-state index is 0.209. The number of aromatic nitrogens is 2. The van der Waals surface area contributed by atoms with Crippen molar-refractivity contribution in [1.82, 2.24) is 9.97 Å². The number of para-hydroxylation sites is 1. The number of allylic oxidation sites excluding steroid dienone is 4. The highest BCUT2D eigenvalue weighted by Gasteiger charge is 2.19. The number of pyridine rings is 2. The van der Waals surface area contributed by atoms with E-state index in [1.54, 1.807) is 30.9 Å². The molecule has 45 heavy (non-hydrogen) atoms. The average molecular weight is 582 g/mol. The van der Waals surface area contributed by atoms with Crippen LogP contribution in [0.15, 0.2) is 164 Å². The van der Waals surface area contributed by atoms with E-state index in [0.717, 1.165) is 55.8 Å². The SMILES string of the molecule is N=C1C=C(c2cccc(-c3ccncc3)c2)C=C(c2cccc(-c3ccncc3)c2)C1=N.Nc1ccccc1-c1ccccc1. The summed E-state index contributed by atoms with van der Waals surface area (Å²) in [5, 5.41) is 17.0. The van der Waals surface area contributed by atoms with Crippen LogP contribution in [0.3, 0.4) is 0 Å². The summed E-state index contributed by atoms with van der Waals surface area (Å²) in [5.41, 5.74) is 17.3. The second-order valence-corrected chi connectivity index (χ2v) is 10.5. The molecule has 6 aromatic rings. The van der Waals surface area contributed by atoms with Gasteiger partial charge in [-0.1, -0.05) is 84.9 Å². The molecule has 2 aromatic heterocycles. The van der Waals surface area contributed by atoms with Crippen molar-refractivity contribution < 1.29 is 0 Å².